The number of rotatable bonds is 4. The number of nitrogens with zero attached hydrogens (tertiary/aromatic N) is 2. The first kappa shape index (κ1) is 15.3. The second kappa shape index (κ2) is 6.59. The van der Waals surface area contributed by atoms with E-state index in [9.17, 15) is 4.79 Å². The van der Waals surface area contributed by atoms with E-state index in [0.29, 0.717) is 17.3 Å². The molecule has 1 heterocycles. The van der Waals surface area contributed by atoms with E-state index in [4.69, 9.17) is 5.73 Å². The fourth-order valence-corrected chi connectivity index (χ4v) is 3.39. The van der Waals surface area contributed by atoms with Crippen molar-refractivity contribution in [3.63, 3.8) is 0 Å². The SMILES string of the molecule is CCN(CC)C1CCN(C(=O)c2cc(N)cc(Br)c2)C1. The predicted octanol–water partition coefficient (Wildman–Crippen LogP) is 2.59. The molecule has 0 spiro atoms. The van der Waals surface area contributed by atoms with Crippen LogP contribution < -0.4 is 5.73 Å². The van der Waals surface area contributed by atoms with Crippen molar-refractivity contribution in [3.8, 4) is 0 Å². The van der Waals surface area contributed by atoms with Crippen molar-refractivity contribution in [2.75, 3.05) is 31.9 Å². The van der Waals surface area contributed by atoms with Crippen LogP contribution in [0.25, 0.3) is 0 Å². The lowest BCUT2D eigenvalue weighted by molar-refractivity contribution is 0.0778. The minimum Gasteiger partial charge on any atom is -0.399 e. The molecule has 0 radical (unpaired) electrons. The third-order valence-corrected chi connectivity index (χ3v) is 4.40. The third kappa shape index (κ3) is 3.33. The summed E-state index contributed by atoms with van der Waals surface area (Å²) in [7, 11) is 0. The van der Waals surface area contributed by atoms with Crippen molar-refractivity contribution < 1.29 is 4.79 Å². The van der Waals surface area contributed by atoms with Gasteiger partial charge in [0.1, 0.15) is 0 Å². The molecular weight excluding hydrogens is 318 g/mol. The molecule has 0 saturated carbocycles. The molecule has 1 aromatic rings. The highest BCUT2D eigenvalue weighted by Crippen LogP contribution is 2.22. The van der Waals surface area contributed by atoms with Gasteiger partial charge in [-0.1, -0.05) is 29.8 Å². The van der Waals surface area contributed by atoms with E-state index >= 15 is 0 Å². The molecule has 110 valence electrons. The Morgan fingerprint density at radius 1 is 1.40 bits per heavy atom. The topological polar surface area (TPSA) is 49.6 Å². The second-order valence-electron chi connectivity index (χ2n) is 5.19. The molecule has 20 heavy (non-hydrogen) atoms. The van der Waals surface area contributed by atoms with Gasteiger partial charge in [0, 0.05) is 34.9 Å². The molecule has 5 heteroatoms. The van der Waals surface area contributed by atoms with Gasteiger partial charge in [-0.3, -0.25) is 9.69 Å². The Morgan fingerprint density at radius 2 is 2.10 bits per heavy atom. The number of benzene rings is 1. The van der Waals surface area contributed by atoms with E-state index in [-0.39, 0.29) is 5.91 Å². The van der Waals surface area contributed by atoms with Crippen molar-refractivity contribution in [2.24, 2.45) is 0 Å². The molecule has 0 bridgehead atoms. The minimum atomic E-state index is 0.0765. The predicted molar refractivity (Wildman–Crippen MR) is 85.8 cm³/mol. The van der Waals surface area contributed by atoms with Crippen LogP contribution in [-0.4, -0.2) is 47.9 Å². The molecule has 4 nitrogen and oxygen atoms in total. The molecular formula is C15H22BrN3O. The first-order valence-electron chi connectivity index (χ1n) is 7.14. The van der Waals surface area contributed by atoms with Crippen molar-refractivity contribution in [3.05, 3.63) is 28.2 Å². The summed E-state index contributed by atoms with van der Waals surface area (Å²) >= 11 is 3.39. The smallest absolute Gasteiger partial charge is 0.254 e. The van der Waals surface area contributed by atoms with Gasteiger partial charge in [-0.25, -0.2) is 0 Å². The van der Waals surface area contributed by atoms with Gasteiger partial charge in [-0.15, -0.1) is 0 Å². The highest BCUT2D eigenvalue weighted by Gasteiger charge is 2.29. The first-order valence-corrected chi connectivity index (χ1v) is 7.93. The number of hydrogen-bond donors (Lipinski definition) is 1. The maximum atomic E-state index is 12.5. The van der Waals surface area contributed by atoms with E-state index in [2.05, 4.69) is 34.7 Å². The number of hydrogen-bond acceptors (Lipinski definition) is 3. The Hall–Kier alpha value is -1.07. The first-order chi connectivity index (χ1) is 9.55. The third-order valence-electron chi connectivity index (χ3n) is 3.95. The Labute approximate surface area is 129 Å². The zero-order valence-electron chi connectivity index (χ0n) is 12.1. The summed E-state index contributed by atoms with van der Waals surface area (Å²) in [5.41, 5.74) is 7.08. The second-order valence-corrected chi connectivity index (χ2v) is 6.10. The van der Waals surface area contributed by atoms with Gasteiger partial charge < -0.3 is 10.6 Å². The minimum absolute atomic E-state index is 0.0765. The molecule has 1 amide bonds. The van der Waals surface area contributed by atoms with Crippen LogP contribution in [0.15, 0.2) is 22.7 Å². The fourth-order valence-electron chi connectivity index (χ4n) is 2.88. The van der Waals surface area contributed by atoms with Gasteiger partial charge in [0.05, 0.1) is 0 Å². The summed E-state index contributed by atoms with van der Waals surface area (Å²) in [5, 5.41) is 0. The van der Waals surface area contributed by atoms with Gasteiger partial charge in [-0.2, -0.15) is 0 Å². The van der Waals surface area contributed by atoms with Crippen molar-refractivity contribution >= 4 is 27.5 Å². The largest absolute Gasteiger partial charge is 0.399 e. The molecule has 1 aliphatic heterocycles. The van der Waals surface area contributed by atoms with Gasteiger partial charge in [0.15, 0.2) is 0 Å². The van der Waals surface area contributed by atoms with Crippen LogP contribution in [-0.2, 0) is 0 Å². The van der Waals surface area contributed by atoms with Gasteiger partial charge in [0.25, 0.3) is 5.91 Å². The summed E-state index contributed by atoms with van der Waals surface area (Å²) in [6, 6.07) is 5.87. The standard InChI is InChI=1S/C15H22BrN3O/c1-3-18(4-2)14-5-6-19(10-14)15(20)11-7-12(16)9-13(17)8-11/h7-9,14H,3-6,10,17H2,1-2H3. The summed E-state index contributed by atoms with van der Waals surface area (Å²) in [5.74, 6) is 0.0765. The zero-order valence-corrected chi connectivity index (χ0v) is 13.7. The monoisotopic (exact) mass is 339 g/mol. The number of anilines is 1. The van der Waals surface area contributed by atoms with Crippen molar-refractivity contribution in [2.45, 2.75) is 26.3 Å². The van der Waals surface area contributed by atoms with Crippen molar-refractivity contribution in [1.29, 1.82) is 0 Å². The molecule has 1 unspecified atom stereocenters. The molecule has 1 fully saturated rings. The Balaban J connectivity index is 2.07. The maximum Gasteiger partial charge on any atom is 0.254 e. The number of nitrogens with two attached hydrogens (primary N) is 1. The number of likely N-dealkylation sites (tertiary alicyclic amines) is 1. The van der Waals surface area contributed by atoms with Crippen LogP contribution in [0.4, 0.5) is 5.69 Å². The van der Waals surface area contributed by atoms with Crippen LogP contribution in [0.3, 0.4) is 0 Å². The van der Waals surface area contributed by atoms with Gasteiger partial charge in [-0.05, 0) is 37.7 Å². The van der Waals surface area contributed by atoms with Crippen LogP contribution in [0.1, 0.15) is 30.6 Å². The quantitative estimate of drug-likeness (QED) is 0.857. The zero-order chi connectivity index (χ0) is 14.7. The summed E-state index contributed by atoms with van der Waals surface area (Å²) in [4.78, 5) is 16.9. The van der Waals surface area contributed by atoms with E-state index in [1.807, 2.05) is 11.0 Å². The summed E-state index contributed by atoms with van der Waals surface area (Å²) < 4.78 is 0.848. The fraction of sp³-hybridized carbons (Fsp3) is 0.533. The Morgan fingerprint density at radius 3 is 2.70 bits per heavy atom. The van der Waals surface area contributed by atoms with E-state index < -0.39 is 0 Å². The lowest BCUT2D eigenvalue weighted by atomic mass is 10.2. The summed E-state index contributed by atoms with van der Waals surface area (Å²) in [6.45, 7) is 8.05. The van der Waals surface area contributed by atoms with E-state index in [0.717, 1.165) is 37.1 Å². The molecule has 0 aliphatic carbocycles. The number of amides is 1. The van der Waals surface area contributed by atoms with Gasteiger partial charge >= 0.3 is 0 Å². The molecule has 1 atom stereocenters. The van der Waals surface area contributed by atoms with Crippen LogP contribution in [0, 0.1) is 0 Å². The van der Waals surface area contributed by atoms with Crippen LogP contribution in [0.5, 0.6) is 0 Å². The lowest BCUT2D eigenvalue weighted by Gasteiger charge is -2.26. The summed E-state index contributed by atoms with van der Waals surface area (Å²) in [6.07, 6.45) is 1.05. The van der Waals surface area contributed by atoms with Gasteiger partial charge in [0.2, 0.25) is 0 Å². The van der Waals surface area contributed by atoms with E-state index in [1.54, 1.807) is 12.1 Å². The average molecular weight is 340 g/mol. The lowest BCUT2D eigenvalue weighted by Crippen LogP contribution is -2.38. The molecule has 0 aromatic heterocycles. The molecule has 1 aromatic carbocycles. The normalized spacial score (nSPS) is 18.8. The van der Waals surface area contributed by atoms with E-state index in [1.165, 1.54) is 0 Å². The van der Waals surface area contributed by atoms with Crippen LogP contribution in [0.2, 0.25) is 0 Å². The molecule has 2 rings (SSSR count). The number of nitrogen functional groups attached to an aromatic ring is 1. The maximum absolute atomic E-state index is 12.5. The molecule has 1 saturated heterocycles. The Kier molecular flexibility index (Phi) is 5.05. The Bertz CT molecular complexity index is 468. The average Bonchev–Trinajstić information content (AvgIpc) is 2.88. The number of likely N-dealkylation sites (N-methyl/N-ethyl adjacent to an activating group) is 1. The highest BCUT2D eigenvalue weighted by molar-refractivity contribution is 9.10. The van der Waals surface area contributed by atoms with Crippen LogP contribution >= 0.6 is 15.9 Å². The van der Waals surface area contributed by atoms with Crippen molar-refractivity contribution in [1.82, 2.24) is 9.80 Å². The number of carbonyl (C=O) groups excluding carboxylic acids is 1. The number of halogens is 1. The number of carbonyl (C=O) groups is 1. The molecule has 2 N–H and O–H groups in total. The highest BCUT2D eigenvalue weighted by atomic mass is 79.9. The molecule has 1 aliphatic rings.